The maximum Gasteiger partial charge on any atom is 0.261 e. The summed E-state index contributed by atoms with van der Waals surface area (Å²) in [5.41, 5.74) is 20.2. The Labute approximate surface area is 737 Å². The molecule has 0 N–H and O–H groups in total. The Balaban J connectivity index is 0.000000176. The molecule has 8 aliphatic heterocycles. The third-order valence-corrected chi connectivity index (χ3v) is 28.8. The lowest BCUT2D eigenvalue weighted by Gasteiger charge is -2.26. The van der Waals surface area contributed by atoms with Gasteiger partial charge in [-0.1, -0.05) is 112 Å². The Morgan fingerprint density at radius 1 is 0.444 bits per heavy atom. The van der Waals surface area contributed by atoms with Crippen LogP contribution in [0, 0.1) is 13.8 Å². The van der Waals surface area contributed by atoms with Crippen molar-refractivity contribution in [2.45, 2.75) is 179 Å². The van der Waals surface area contributed by atoms with Gasteiger partial charge in [0.25, 0.3) is 23.6 Å². The average Bonchev–Trinajstić information content (AvgIpc) is 1.61. The highest BCUT2D eigenvalue weighted by atomic mass is 32.8. The molecule has 18 rings (SSSR count). The summed E-state index contributed by atoms with van der Waals surface area (Å²) in [6.07, 6.45) is 14.0. The van der Waals surface area contributed by atoms with E-state index in [-0.39, 0.29) is 105 Å². The van der Waals surface area contributed by atoms with Gasteiger partial charge < -0.3 is 48.0 Å². The van der Waals surface area contributed by atoms with Crippen LogP contribution in [-0.2, 0) is 95.2 Å². The van der Waals surface area contributed by atoms with Gasteiger partial charge in [-0.15, -0.1) is 9.45 Å². The lowest BCUT2D eigenvalue weighted by Crippen LogP contribution is -2.37. The van der Waals surface area contributed by atoms with Gasteiger partial charge in [0.1, 0.15) is 37.9 Å². The van der Waals surface area contributed by atoms with Crippen LogP contribution in [0.3, 0.4) is 0 Å². The van der Waals surface area contributed by atoms with E-state index in [0.717, 1.165) is 130 Å². The van der Waals surface area contributed by atoms with Crippen molar-refractivity contribution in [2.24, 2.45) is 9.98 Å². The fourth-order valence-corrected chi connectivity index (χ4v) is 19.0. The Morgan fingerprint density at radius 2 is 0.790 bits per heavy atom. The highest BCUT2D eigenvalue weighted by Crippen LogP contribution is 2.47. The molecule has 0 bridgehead atoms. The Kier molecular flexibility index (Phi) is 23.6. The number of methoxy groups -OCH3 is 2. The zero-order valence-corrected chi connectivity index (χ0v) is 74.4. The van der Waals surface area contributed by atoms with E-state index >= 15 is 0 Å². The Bertz CT molecular complexity index is 6070. The first-order chi connectivity index (χ1) is 59.6. The predicted octanol–water partition coefficient (Wildman–Crippen LogP) is 18.6. The van der Waals surface area contributed by atoms with Crippen molar-refractivity contribution in [1.82, 2.24) is 0 Å². The van der Waals surface area contributed by atoms with E-state index < -0.39 is 0 Å². The van der Waals surface area contributed by atoms with Gasteiger partial charge in [-0.25, -0.2) is 0 Å². The van der Waals surface area contributed by atoms with Crippen molar-refractivity contribution in [3.8, 4) is 34.5 Å². The van der Waals surface area contributed by atoms with Crippen LogP contribution >= 0.6 is 12.6 Å². The number of fused-ring (bicyclic) bond motifs is 16. The molecule has 5 atom stereocenters. The third kappa shape index (κ3) is 16.9. The molecule has 1 unspecified atom stereocenters. The summed E-state index contributed by atoms with van der Waals surface area (Å²) in [5.74, 6) is 3.03. The summed E-state index contributed by atoms with van der Waals surface area (Å²) in [7, 11) is 6.48. The second kappa shape index (κ2) is 34.7. The molecule has 0 spiro atoms. The number of rotatable bonds is 23. The molecule has 10 aromatic rings. The number of aliphatic imine (C=N–C) groups is 2. The van der Waals surface area contributed by atoms with Crippen LogP contribution in [0.15, 0.2) is 192 Å². The van der Waals surface area contributed by atoms with Gasteiger partial charge in [0.05, 0.1) is 48.8 Å². The number of ether oxygens (including phenoxy) is 6. The van der Waals surface area contributed by atoms with Crippen LogP contribution in [0.5, 0.6) is 34.5 Å². The molecule has 124 heavy (non-hydrogen) atoms. The van der Waals surface area contributed by atoms with Crippen molar-refractivity contribution in [3.63, 3.8) is 0 Å². The highest BCUT2D eigenvalue weighted by molar-refractivity contribution is 8.29. The summed E-state index contributed by atoms with van der Waals surface area (Å²) >= 11 is 10.2. The average molecular weight is 1720 g/mol. The normalized spacial score (nSPS) is 17.5. The smallest absolute Gasteiger partial charge is 0.261 e. The van der Waals surface area contributed by atoms with Gasteiger partial charge in [-0.2, -0.15) is 12.6 Å². The van der Waals surface area contributed by atoms with E-state index in [2.05, 4.69) is 50.7 Å². The maximum absolute atomic E-state index is 14.1. The number of benzene rings is 10. The molecule has 0 saturated heterocycles. The van der Waals surface area contributed by atoms with Gasteiger partial charge in [0.15, 0.2) is 23.0 Å². The molecule has 23 heteroatoms. The lowest BCUT2D eigenvalue weighted by atomic mass is 9.99. The van der Waals surface area contributed by atoms with E-state index in [0.29, 0.717) is 105 Å². The van der Waals surface area contributed by atoms with E-state index in [4.69, 9.17) is 49.6 Å². The number of para-hydroxylation sites is 4. The summed E-state index contributed by atoms with van der Waals surface area (Å²) in [6, 6.07) is 59.0. The van der Waals surface area contributed by atoms with E-state index in [1.54, 1.807) is 38.1 Å². The van der Waals surface area contributed by atoms with Crippen LogP contribution in [-0.4, -0.2) is 116 Å². The molecule has 0 saturated carbocycles. The summed E-state index contributed by atoms with van der Waals surface area (Å²) in [6.45, 7) is 12.8. The number of nitrogens with zero attached hydrogens (tertiary/aromatic N) is 8. The van der Waals surface area contributed by atoms with Crippen LogP contribution in [0.25, 0.3) is 0 Å². The molecule has 8 aliphatic rings. The number of hydrogen-bond donors (Lipinski definition) is 1. The largest absolute Gasteiger partial charge is 0.493 e. The van der Waals surface area contributed by atoms with Crippen LogP contribution in [0.1, 0.15) is 174 Å². The summed E-state index contributed by atoms with van der Waals surface area (Å²) in [4.78, 5) is 104. The van der Waals surface area contributed by atoms with Crippen molar-refractivity contribution < 1.29 is 57.2 Å². The number of aryl methyl sites for hydroxylation is 4. The first kappa shape index (κ1) is 84.3. The van der Waals surface area contributed by atoms with Crippen LogP contribution < -0.4 is 57.8 Å². The van der Waals surface area contributed by atoms with Gasteiger partial charge in [0, 0.05) is 131 Å². The fourth-order valence-electron chi connectivity index (χ4n) is 18.2. The summed E-state index contributed by atoms with van der Waals surface area (Å²) < 4.78 is 37.3. The second-order valence-electron chi connectivity index (χ2n) is 34.8. The molecule has 10 aromatic carbocycles. The standard InChI is InChI=1S/C51H52N4O6S2.C50H50N4O6S/c1-31-19-41-42(52-28-39-24-36-12-8-10-14-44(36)55(39)50(41)58)27-45(31)60-29-32-20-33(22-38(21-32)53(4)48(56)17-18-51(2,3)63(6)62)30-61-47-25-34-15-16-37-23-35-11-7-9-13-43(35)54(37)49(57)40(34)26-46(47)59-5;1-30-18-40-41(51-27-38-23-35-11-7-9-13-43(35)54(38)49(40)57)26-44(30)59-28-31-19-32(21-37(20-31)52(4)47(55)16-17-50(2,3)61)29-60-46-24-33-14-15-36-22-34-10-6-8-12-42(34)53(36)48(56)39(33)25-45(46)58-5/h7-14,19-22,25-28,37,39H,15-18,23-24,29-30H2,1-6H3;6-13,18-21,24-27,36,38,61H,14-17,22-23,28-29H2,1-5H3/t37-,39+,63?;36-,38+/m11/s1. The first-order valence-electron chi connectivity index (χ1n) is 42.5. The number of carbonyl (C=O) groups excluding carboxylic acids is 6. The first-order valence-corrected chi connectivity index (χ1v) is 45.5. The van der Waals surface area contributed by atoms with Crippen molar-refractivity contribution in [1.29, 1.82) is 0 Å². The molecule has 6 amide bonds. The monoisotopic (exact) mass is 1710 g/mol. The molecular weight excluding hydrogens is 1610 g/mol. The highest BCUT2D eigenvalue weighted by Gasteiger charge is 2.42. The minimum atomic E-state index is -0.287. The quantitative estimate of drug-likeness (QED) is 0.0593. The maximum atomic E-state index is 14.1. The summed E-state index contributed by atoms with van der Waals surface area (Å²) in [5, 5.41) is 0. The van der Waals surface area contributed by atoms with Crippen molar-refractivity contribution >= 4 is 127 Å². The van der Waals surface area contributed by atoms with Crippen LogP contribution in [0.4, 0.5) is 45.5 Å². The number of hydrogen-bond acceptors (Lipinski definition) is 16. The zero-order valence-electron chi connectivity index (χ0n) is 71.8. The van der Waals surface area contributed by atoms with Gasteiger partial charge in [-0.05, 0) is 235 Å². The van der Waals surface area contributed by atoms with Crippen molar-refractivity contribution in [2.75, 3.05) is 64.0 Å². The van der Waals surface area contributed by atoms with Crippen LogP contribution in [0.2, 0.25) is 0 Å². The lowest BCUT2D eigenvalue weighted by molar-refractivity contribution is -0.119. The zero-order chi connectivity index (χ0) is 86.7. The topological polar surface area (TPSA) is 202 Å². The van der Waals surface area contributed by atoms with E-state index in [9.17, 15) is 28.8 Å². The molecule has 20 nitrogen and oxygen atoms in total. The van der Waals surface area contributed by atoms with E-state index in [1.165, 1.54) is 11.1 Å². The molecule has 636 valence electrons. The molecule has 0 aromatic heterocycles. The minimum Gasteiger partial charge on any atom is -0.493 e. The fraction of sp³-hybridized carbons (Fsp3) is 0.327. The number of carbonyl (C=O) groups is 6. The molecule has 0 radical (unpaired) electrons. The van der Waals surface area contributed by atoms with Gasteiger partial charge in [-0.3, -0.25) is 48.6 Å². The molecule has 0 aliphatic carbocycles. The SMILES string of the molecule is COc1cc2c(cc1OCc1cc(COc3cc4c(cc3C)C(=O)N3c5ccccc5C[C@H]3C=N4)cc(N(C)C(=O)CCC(C)(C)S(C)=S)c1)CC[C@@H]1Cc3ccccc3N1C2=O.COc1cc2c(cc1OCc1cc(COc3cc4c(cc3C)C(=O)N3c5ccccc5C[C@H]3C=N4)cc(N(C)C(=O)CCC(C)(C)S)c1)CC[C@@H]1Cc3ccccc3N1C2=O. The van der Waals surface area contributed by atoms with E-state index in [1.807, 2.05) is 224 Å². The molecule has 8 heterocycles. The van der Waals surface area contributed by atoms with Gasteiger partial charge in [0.2, 0.25) is 11.8 Å². The Hall–Kier alpha value is -11.9. The van der Waals surface area contributed by atoms with Gasteiger partial charge >= 0.3 is 0 Å². The Morgan fingerprint density at radius 3 is 1.16 bits per heavy atom. The number of amides is 6. The van der Waals surface area contributed by atoms with Crippen molar-refractivity contribution in [3.05, 3.63) is 271 Å². The second-order valence-corrected chi connectivity index (χ2v) is 39.5. The molecule has 0 fully saturated rings. The predicted molar refractivity (Wildman–Crippen MR) is 498 cm³/mol. The number of anilines is 6. The minimum absolute atomic E-state index is 0.0130. The third-order valence-electron chi connectivity index (χ3n) is 25.4. The number of thiol groups is 1. The molecular formula is C101H102N8O12S3.